The van der Waals surface area contributed by atoms with Crippen molar-refractivity contribution in [1.82, 2.24) is 0 Å². The fraction of sp³-hybridized carbons (Fsp3) is 0.909. The predicted molar refractivity (Wildman–Crippen MR) is 295 cm³/mol. The van der Waals surface area contributed by atoms with Crippen molar-refractivity contribution in [2.24, 2.45) is 111 Å². The zero-order valence-electron chi connectivity index (χ0n) is 47.5. The highest BCUT2D eigenvalue weighted by molar-refractivity contribution is 6.11. The summed E-state index contributed by atoms with van der Waals surface area (Å²) in [7, 11) is 5.31. The minimum atomic E-state index is -1.04. The molecule has 2 N–H and O–H groups in total. The molecule has 0 aromatic carbocycles. The van der Waals surface area contributed by atoms with E-state index in [0.29, 0.717) is 65.3 Å². The number of allylic oxidation sites excluding steroid dienone is 4. The van der Waals surface area contributed by atoms with E-state index in [1.165, 1.54) is 109 Å². The fourth-order valence-electron chi connectivity index (χ4n) is 22.7. The van der Waals surface area contributed by atoms with Crippen LogP contribution >= 0.6 is 0 Å². The van der Waals surface area contributed by atoms with E-state index in [4.69, 9.17) is 12.6 Å². The van der Waals surface area contributed by atoms with E-state index in [1.54, 1.807) is 18.1 Å². The molecule has 0 aromatic rings. The molecule has 0 aromatic heterocycles. The molecule has 0 bridgehead atoms. The van der Waals surface area contributed by atoms with E-state index in [2.05, 4.69) is 46.8 Å². The second kappa shape index (κ2) is 22.3. The number of aliphatic hydroxyl groups is 2. The summed E-state index contributed by atoms with van der Waals surface area (Å²) in [5, 5.41) is 20.8. The van der Waals surface area contributed by atoms with Crippen LogP contribution in [0.1, 0.15) is 228 Å². The Labute approximate surface area is 450 Å². The molecule has 12 saturated carbocycles. The van der Waals surface area contributed by atoms with Gasteiger partial charge in [-0.2, -0.15) is 0 Å². The Morgan fingerprint density at radius 2 is 1.04 bits per heavy atom. The van der Waals surface area contributed by atoms with Gasteiger partial charge in [-0.1, -0.05) is 44.1 Å². The Hall–Kier alpha value is -1.38. The molecule has 13 unspecified atom stereocenters. The largest absolute Gasteiger partial charge is 0.388 e. The van der Waals surface area contributed by atoms with Gasteiger partial charge in [-0.05, 0) is 299 Å². The van der Waals surface area contributed by atoms with E-state index in [1.807, 2.05) is 0 Å². The summed E-state index contributed by atoms with van der Waals surface area (Å²) in [5.74, 6) is 13.2. The number of Topliss-reactive ketones (excluding diaryl/α,β-unsaturated/α-hetero) is 2. The van der Waals surface area contributed by atoms with Crippen molar-refractivity contribution in [3.63, 3.8) is 0 Å². The summed E-state index contributed by atoms with van der Waals surface area (Å²) in [6.07, 6.45) is 38.3. The molecule has 13 fully saturated rings. The Bertz CT molecular complexity index is 2050. The highest BCUT2D eigenvalue weighted by Gasteiger charge is 2.60. The van der Waals surface area contributed by atoms with Crippen LogP contribution in [0.5, 0.6) is 0 Å². The van der Waals surface area contributed by atoms with Crippen molar-refractivity contribution in [2.45, 2.75) is 245 Å². The molecule has 2 radical (unpaired) electrons. The summed E-state index contributed by atoms with van der Waals surface area (Å²) >= 11 is 0. The monoisotopic (exact) mass is 1020 g/mol. The molecule has 13 aliphatic rings. The molecule has 1 saturated heterocycles. The molecule has 13 rings (SSSR count). The van der Waals surface area contributed by atoms with Crippen molar-refractivity contribution in [3.8, 4) is 0 Å². The number of rotatable bonds is 3. The van der Waals surface area contributed by atoms with Gasteiger partial charge in [0.2, 0.25) is 0 Å². The number of halogens is 2. The Morgan fingerprint density at radius 3 is 1.49 bits per heavy atom. The fourth-order valence-corrected chi connectivity index (χ4v) is 22.7. The van der Waals surface area contributed by atoms with Gasteiger partial charge in [-0.3, -0.25) is 9.59 Å². The first-order valence-corrected chi connectivity index (χ1v) is 31.7. The third-order valence-corrected chi connectivity index (χ3v) is 26.3. The lowest BCUT2D eigenvalue weighted by molar-refractivity contribution is -0.131. The minimum absolute atomic E-state index is 0.0463. The topological polar surface area (TPSA) is 83.8 Å². The molecular weight excluding hydrogens is 922 g/mol. The lowest BCUT2D eigenvalue weighted by Crippen LogP contribution is -2.51. The van der Waals surface area contributed by atoms with Crippen LogP contribution in [-0.4, -0.2) is 66.8 Å². The molecule has 22 atom stereocenters. The Balaban J connectivity index is 0.000000120. The third kappa shape index (κ3) is 10.3. The van der Waals surface area contributed by atoms with Crippen LogP contribution < -0.4 is 0 Å². The maximum absolute atomic E-state index is 13.2. The van der Waals surface area contributed by atoms with Crippen molar-refractivity contribution >= 4 is 19.4 Å². The standard InChI is InChI=1S/C21H33FO2.C21H33FO.C20H30O.C4H7BO/c1-13(23)18-5-6-19-17-4-3-14-11-21(24,12-22)10-8-15(14)16(17)7-9-20(18,19)2;1-3-15-5-7-19-18-6-4-14-12-21(23,13-22)11-9-16(14)17(18)8-10-20(15,19)2;1-3-14-5-9-19-18-7-4-13-12-15(21)6-8-16(13)17(18)10-11-20(14,19)2;5-4-2-1-3-6-4/h14-19,24H,3-12H2,1-2H3;3,14,16-19,23H,4-13H2,1-2H3;3,13,16-19H,4-12H2,1-2H3;4H,1-3H2/t14?,15-,16?,17?,18+,19?,20+,21+;14?,16-,17?,18?,19?,20+,21+;13?,16-,17?,18?,19?,20+;/m000./s1. The summed E-state index contributed by atoms with van der Waals surface area (Å²) in [4.78, 5) is 23.9. The molecule has 1 heterocycles. The van der Waals surface area contributed by atoms with Crippen LogP contribution in [0.25, 0.3) is 0 Å². The van der Waals surface area contributed by atoms with Crippen LogP contribution in [0.15, 0.2) is 23.3 Å². The lowest BCUT2D eigenvalue weighted by atomic mass is 9.49. The number of carbonyl (C=O) groups is 2. The SMILES string of the molecule is CC(=O)[C@H]1CCC2C3CCC4C[C@@](O)(CF)CC[C@@H]4C3CC[C@@]21C.CC=C1CCC2C3CCC4CC(=O)CC[C@@H]4C3CC[C@]12C.CC=C1CCC2C3CCC4C[C@@](O)(CF)CC[C@@H]4C3CC[C@]12C.[B]C1CCCO1. The number of alkyl halides is 2. The minimum Gasteiger partial charge on any atom is -0.388 e. The first-order chi connectivity index (χ1) is 35.4. The highest BCUT2D eigenvalue weighted by atomic mass is 19.1. The molecule has 1 aliphatic heterocycles. The third-order valence-electron chi connectivity index (χ3n) is 26.3. The van der Waals surface area contributed by atoms with E-state index >= 15 is 0 Å². The molecule has 0 amide bonds. The first kappa shape index (κ1) is 55.9. The quantitative estimate of drug-likeness (QED) is 0.217. The Morgan fingerprint density at radius 1 is 0.568 bits per heavy atom. The Kier molecular flexibility index (Phi) is 16.8. The summed E-state index contributed by atoms with van der Waals surface area (Å²) in [6.45, 7) is 13.5. The molecule has 8 heteroatoms. The summed E-state index contributed by atoms with van der Waals surface area (Å²) in [6, 6.07) is 0.0463. The van der Waals surface area contributed by atoms with Crippen LogP contribution in [0, 0.1) is 111 Å². The van der Waals surface area contributed by atoms with Gasteiger partial charge in [0.1, 0.15) is 32.8 Å². The number of hydrogen-bond donors (Lipinski definition) is 2. The summed E-state index contributed by atoms with van der Waals surface area (Å²) in [5.41, 5.74) is 2.66. The van der Waals surface area contributed by atoms with Crippen LogP contribution in [0.2, 0.25) is 0 Å². The number of ketones is 2. The van der Waals surface area contributed by atoms with Gasteiger partial charge in [0.05, 0.1) is 11.2 Å². The maximum atomic E-state index is 13.2. The normalized spacial score (nSPS) is 51.8. The van der Waals surface area contributed by atoms with Gasteiger partial charge in [-0.25, -0.2) is 8.78 Å². The van der Waals surface area contributed by atoms with Crippen LogP contribution in [-0.2, 0) is 14.3 Å². The molecule has 12 aliphatic carbocycles. The van der Waals surface area contributed by atoms with Gasteiger partial charge < -0.3 is 14.9 Å². The lowest BCUT2D eigenvalue weighted by Gasteiger charge is -2.56. The predicted octanol–water partition coefficient (Wildman–Crippen LogP) is 15.3. The van der Waals surface area contributed by atoms with E-state index in [-0.39, 0.29) is 17.3 Å². The summed E-state index contributed by atoms with van der Waals surface area (Å²) < 4.78 is 31.4. The average Bonchev–Trinajstić information content (AvgIpc) is 4.20. The van der Waals surface area contributed by atoms with Crippen molar-refractivity contribution < 1.29 is 33.3 Å². The zero-order valence-corrected chi connectivity index (χ0v) is 47.5. The number of fused-ring (bicyclic) bond motifs is 15. The molecule has 414 valence electrons. The smallest absolute Gasteiger partial charge is 0.133 e. The second-order valence-electron chi connectivity index (χ2n) is 29.2. The zero-order chi connectivity index (χ0) is 52.4. The number of hydrogen-bond acceptors (Lipinski definition) is 5. The maximum Gasteiger partial charge on any atom is 0.133 e. The van der Waals surface area contributed by atoms with Crippen molar-refractivity contribution in [3.05, 3.63) is 23.3 Å². The number of carbonyl (C=O) groups excluding carboxylic acids is 2. The first-order valence-electron chi connectivity index (χ1n) is 31.7. The molecular formula is C66H103BF2O5. The molecule has 74 heavy (non-hydrogen) atoms. The van der Waals surface area contributed by atoms with E-state index in [9.17, 15) is 28.6 Å². The van der Waals surface area contributed by atoms with Gasteiger partial charge >= 0.3 is 0 Å². The molecule has 0 spiro atoms. The van der Waals surface area contributed by atoms with Gasteiger partial charge in [0, 0.05) is 31.4 Å². The van der Waals surface area contributed by atoms with Crippen LogP contribution in [0.3, 0.4) is 0 Å². The number of ether oxygens (including phenoxy) is 1. The second-order valence-corrected chi connectivity index (χ2v) is 29.2. The van der Waals surface area contributed by atoms with E-state index in [0.717, 1.165) is 129 Å². The van der Waals surface area contributed by atoms with Crippen molar-refractivity contribution in [2.75, 3.05) is 20.0 Å². The van der Waals surface area contributed by atoms with Gasteiger partial charge in [0.25, 0.3) is 0 Å². The van der Waals surface area contributed by atoms with Crippen LogP contribution in [0.4, 0.5) is 8.78 Å². The van der Waals surface area contributed by atoms with Gasteiger partial charge in [-0.15, -0.1) is 0 Å². The average molecular weight is 1030 g/mol. The van der Waals surface area contributed by atoms with E-state index < -0.39 is 24.6 Å². The van der Waals surface area contributed by atoms with Gasteiger partial charge in [0.15, 0.2) is 0 Å². The highest BCUT2D eigenvalue weighted by Crippen LogP contribution is 2.67. The molecule has 5 nitrogen and oxygen atoms in total. The van der Waals surface area contributed by atoms with Crippen molar-refractivity contribution in [1.29, 1.82) is 0 Å².